The van der Waals surface area contributed by atoms with Crippen molar-refractivity contribution in [2.45, 2.75) is 20.0 Å². The number of nitrogens with zero attached hydrogens (tertiary/aromatic N) is 1. The molecule has 1 N–H and O–H groups in total. The lowest BCUT2D eigenvalue weighted by atomic mass is 10.3. The van der Waals surface area contributed by atoms with Gasteiger partial charge in [-0.1, -0.05) is 5.16 Å². The van der Waals surface area contributed by atoms with Gasteiger partial charge in [-0.3, -0.25) is 0 Å². The fraction of sp³-hybridized carbons (Fsp3) is 0.875. The molecule has 1 aliphatic rings. The number of morpholine rings is 1. The molecule has 1 rings (SSSR count). The van der Waals surface area contributed by atoms with Crippen molar-refractivity contribution in [1.29, 1.82) is 0 Å². The third-order valence-corrected chi connectivity index (χ3v) is 1.51. The van der Waals surface area contributed by atoms with E-state index in [9.17, 15) is 0 Å². The fourth-order valence-corrected chi connectivity index (χ4v) is 0.976. The highest BCUT2D eigenvalue weighted by atomic mass is 16.6. The summed E-state index contributed by atoms with van der Waals surface area (Å²) in [6.45, 7) is 6.91. The molecule has 1 atom stereocenters. The standard InChI is InChI=1S/C8H16N2O2/c1-7(2)10-12-6-8-5-9-3-4-11-8/h8-9H,3-6H2,1-2H3. The number of hydrogen-bond donors (Lipinski definition) is 1. The largest absolute Gasteiger partial charge is 0.393 e. The van der Waals surface area contributed by atoms with Gasteiger partial charge in [-0.15, -0.1) is 0 Å². The van der Waals surface area contributed by atoms with Gasteiger partial charge in [-0.05, 0) is 13.8 Å². The van der Waals surface area contributed by atoms with Crippen molar-refractivity contribution in [3.63, 3.8) is 0 Å². The Hall–Kier alpha value is -0.610. The monoisotopic (exact) mass is 172 g/mol. The van der Waals surface area contributed by atoms with Gasteiger partial charge >= 0.3 is 0 Å². The van der Waals surface area contributed by atoms with Crippen molar-refractivity contribution in [2.24, 2.45) is 5.16 Å². The summed E-state index contributed by atoms with van der Waals surface area (Å²) in [5, 5.41) is 7.05. The Kier molecular flexibility index (Phi) is 4.04. The van der Waals surface area contributed by atoms with Crippen LogP contribution in [0.25, 0.3) is 0 Å². The molecule has 1 heterocycles. The lowest BCUT2D eigenvalue weighted by molar-refractivity contribution is -0.0302. The van der Waals surface area contributed by atoms with E-state index in [4.69, 9.17) is 9.57 Å². The van der Waals surface area contributed by atoms with E-state index in [1.165, 1.54) is 0 Å². The first-order valence-corrected chi connectivity index (χ1v) is 4.24. The molecule has 0 aliphatic carbocycles. The van der Waals surface area contributed by atoms with Crippen LogP contribution in [0.2, 0.25) is 0 Å². The molecule has 0 aromatic carbocycles. The molecule has 0 radical (unpaired) electrons. The van der Waals surface area contributed by atoms with Crippen molar-refractivity contribution in [1.82, 2.24) is 5.32 Å². The zero-order valence-corrected chi connectivity index (χ0v) is 7.67. The fourth-order valence-electron chi connectivity index (χ4n) is 0.976. The van der Waals surface area contributed by atoms with Gasteiger partial charge in [0.2, 0.25) is 0 Å². The summed E-state index contributed by atoms with van der Waals surface area (Å²) in [5.41, 5.74) is 0.929. The number of oxime groups is 1. The third kappa shape index (κ3) is 3.69. The van der Waals surface area contributed by atoms with Crippen LogP contribution in [0.1, 0.15) is 13.8 Å². The topological polar surface area (TPSA) is 42.8 Å². The zero-order chi connectivity index (χ0) is 8.81. The predicted molar refractivity (Wildman–Crippen MR) is 47.3 cm³/mol. The maximum Gasteiger partial charge on any atom is 0.144 e. The Morgan fingerprint density at radius 3 is 3.08 bits per heavy atom. The van der Waals surface area contributed by atoms with Crippen molar-refractivity contribution >= 4 is 5.71 Å². The van der Waals surface area contributed by atoms with E-state index < -0.39 is 0 Å². The van der Waals surface area contributed by atoms with E-state index in [-0.39, 0.29) is 6.10 Å². The minimum Gasteiger partial charge on any atom is -0.393 e. The molecule has 1 fully saturated rings. The molecular weight excluding hydrogens is 156 g/mol. The molecule has 0 bridgehead atoms. The molecule has 1 unspecified atom stereocenters. The number of rotatable bonds is 3. The van der Waals surface area contributed by atoms with Crippen LogP contribution in [0.4, 0.5) is 0 Å². The first-order chi connectivity index (χ1) is 5.79. The number of hydrogen-bond acceptors (Lipinski definition) is 4. The highest BCUT2D eigenvalue weighted by Crippen LogP contribution is 1.96. The van der Waals surface area contributed by atoms with Gasteiger partial charge in [0.1, 0.15) is 12.7 Å². The van der Waals surface area contributed by atoms with Crippen LogP contribution in [0.5, 0.6) is 0 Å². The van der Waals surface area contributed by atoms with Crippen LogP contribution in [0.3, 0.4) is 0 Å². The van der Waals surface area contributed by atoms with Crippen LogP contribution in [0.15, 0.2) is 5.16 Å². The van der Waals surface area contributed by atoms with Gasteiger partial charge in [0, 0.05) is 13.1 Å². The highest BCUT2D eigenvalue weighted by Gasteiger charge is 2.13. The minimum atomic E-state index is 0.154. The van der Waals surface area contributed by atoms with Crippen molar-refractivity contribution in [3.05, 3.63) is 0 Å². The molecule has 1 aliphatic heterocycles. The lowest BCUT2D eigenvalue weighted by Gasteiger charge is -2.22. The van der Waals surface area contributed by atoms with Crippen molar-refractivity contribution < 1.29 is 9.57 Å². The maximum atomic E-state index is 5.40. The van der Waals surface area contributed by atoms with Gasteiger partial charge in [0.05, 0.1) is 12.3 Å². The van der Waals surface area contributed by atoms with Gasteiger partial charge in [-0.25, -0.2) is 0 Å². The molecular formula is C8H16N2O2. The Bertz CT molecular complexity index is 149. The first kappa shape index (κ1) is 9.48. The van der Waals surface area contributed by atoms with Crippen LogP contribution >= 0.6 is 0 Å². The van der Waals surface area contributed by atoms with E-state index in [2.05, 4.69) is 10.5 Å². The summed E-state index contributed by atoms with van der Waals surface area (Å²) >= 11 is 0. The Labute approximate surface area is 72.9 Å². The molecule has 0 amide bonds. The van der Waals surface area contributed by atoms with E-state index in [1.807, 2.05) is 13.8 Å². The van der Waals surface area contributed by atoms with E-state index in [0.29, 0.717) is 6.61 Å². The normalized spacial score (nSPS) is 23.3. The van der Waals surface area contributed by atoms with Crippen molar-refractivity contribution in [3.8, 4) is 0 Å². The van der Waals surface area contributed by atoms with Gasteiger partial charge in [-0.2, -0.15) is 0 Å². The predicted octanol–water partition coefficient (Wildman–Crippen LogP) is 0.387. The average molecular weight is 172 g/mol. The third-order valence-electron chi connectivity index (χ3n) is 1.51. The van der Waals surface area contributed by atoms with E-state index in [0.717, 1.165) is 25.4 Å². The quantitative estimate of drug-likeness (QED) is 0.494. The smallest absolute Gasteiger partial charge is 0.144 e. The summed E-state index contributed by atoms with van der Waals surface area (Å²) < 4.78 is 5.40. The summed E-state index contributed by atoms with van der Waals surface area (Å²) in [6, 6.07) is 0. The summed E-state index contributed by atoms with van der Waals surface area (Å²) in [7, 11) is 0. The molecule has 0 aromatic rings. The molecule has 0 aromatic heterocycles. The molecule has 1 saturated heterocycles. The van der Waals surface area contributed by atoms with Gasteiger partial charge in [0.25, 0.3) is 0 Å². The van der Waals surface area contributed by atoms with Gasteiger partial charge in [0.15, 0.2) is 0 Å². The average Bonchev–Trinajstić information content (AvgIpc) is 2.05. The van der Waals surface area contributed by atoms with Crippen molar-refractivity contribution in [2.75, 3.05) is 26.3 Å². The SMILES string of the molecule is CC(C)=NOCC1CNCCO1. The Morgan fingerprint density at radius 1 is 1.67 bits per heavy atom. The molecule has 4 heteroatoms. The lowest BCUT2D eigenvalue weighted by Crippen LogP contribution is -2.40. The van der Waals surface area contributed by atoms with Crippen LogP contribution in [-0.2, 0) is 9.57 Å². The molecule has 0 saturated carbocycles. The minimum absolute atomic E-state index is 0.154. The van der Waals surface area contributed by atoms with Gasteiger partial charge < -0.3 is 14.9 Å². The van der Waals surface area contributed by atoms with Crippen LogP contribution in [0, 0.1) is 0 Å². The zero-order valence-electron chi connectivity index (χ0n) is 7.67. The second-order valence-corrected chi connectivity index (χ2v) is 3.03. The van der Waals surface area contributed by atoms with E-state index >= 15 is 0 Å². The Balaban J connectivity index is 2.09. The first-order valence-electron chi connectivity index (χ1n) is 4.24. The Morgan fingerprint density at radius 2 is 2.50 bits per heavy atom. The summed E-state index contributed by atoms with van der Waals surface area (Å²) in [4.78, 5) is 5.06. The summed E-state index contributed by atoms with van der Waals surface area (Å²) in [5.74, 6) is 0. The maximum absolute atomic E-state index is 5.40. The highest BCUT2D eigenvalue weighted by molar-refractivity contribution is 5.78. The number of nitrogens with one attached hydrogen (secondary N) is 1. The van der Waals surface area contributed by atoms with E-state index in [1.54, 1.807) is 0 Å². The summed E-state index contributed by atoms with van der Waals surface area (Å²) in [6.07, 6.45) is 0.154. The molecule has 0 spiro atoms. The number of ether oxygens (including phenoxy) is 1. The molecule has 12 heavy (non-hydrogen) atoms. The molecule has 70 valence electrons. The van der Waals surface area contributed by atoms with Crippen LogP contribution < -0.4 is 5.32 Å². The van der Waals surface area contributed by atoms with Crippen LogP contribution in [-0.4, -0.2) is 38.1 Å². The molecule has 4 nitrogen and oxygen atoms in total. The second-order valence-electron chi connectivity index (χ2n) is 3.03. The second kappa shape index (κ2) is 5.11.